The first-order valence-corrected chi connectivity index (χ1v) is 7.73. The number of hydrogen-bond donors (Lipinski definition) is 0. The van der Waals surface area contributed by atoms with Gasteiger partial charge in [-0.15, -0.1) is 50.5 Å². The first-order valence-electron chi connectivity index (χ1n) is 4.46. The summed E-state index contributed by atoms with van der Waals surface area (Å²) in [5.74, 6) is 0. The van der Waals surface area contributed by atoms with Gasteiger partial charge >= 0.3 is 0 Å². The predicted octanol–water partition coefficient (Wildman–Crippen LogP) is 4.13. The molecule has 0 spiro atoms. The van der Waals surface area contributed by atoms with E-state index in [1.807, 2.05) is 0 Å². The Bertz CT molecular complexity index is 38.0. The topological polar surface area (TPSA) is 0 Å². The molecule has 0 aliphatic heterocycles. The largest absolute Gasteiger partial charge is 0.198 e. The van der Waals surface area contributed by atoms with Crippen molar-refractivity contribution in [1.82, 2.24) is 0 Å². The van der Waals surface area contributed by atoms with E-state index in [4.69, 9.17) is 0 Å². The quantitative estimate of drug-likeness (QED) is 0.682. The van der Waals surface area contributed by atoms with Crippen LogP contribution in [0.2, 0.25) is 21.1 Å². The van der Waals surface area contributed by atoms with Crippen molar-refractivity contribution in [2.24, 2.45) is 0 Å². The van der Waals surface area contributed by atoms with Gasteiger partial charge in [-0.25, -0.2) is 0 Å². The molecule has 0 amide bonds. The van der Waals surface area contributed by atoms with Crippen molar-refractivity contribution in [3.8, 4) is 0 Å². The third-order valence-corrected chi connectivity index (χ3v) is 3.46. The SMILES string of the molecule is Br.C[CH2][Al][CH2]C.C[CH2][Al][CH2]C.Cl. The van der Waals surface area contributed by atoms with E-state index >= 15 is 0 Å². The normalized spacial score (nSPS) is 6.33. The van der Waals surface area contributed by atoms with Gasteiger partial charge in [0, 0.05) is 0 Å². The van der Waals surface area contributed by atoms with Crippen molar-refractivity contribution in [3.05, 3.63) is 0 Å². The van der Waals surface area contributed by atoms with E-state index in [1.54, 1.807) is 0 Å². The zero-order valence-corrected chi connectivity index (χ0v) is 13.6. The molecule has 0 fully saturated rings. The Morgan fingerprint density at radius 2 is 0.833 bits per heavy atom. The van der Waals surface area contributed by atoms with Gasteiger partial charge in [-0.1, -0.05) is 27.7 Å². The summed E-state index contributed by atoms with van der Waals surface area (Å²) in [4.78, 5) is 0. The van der Waals surface area contributed by atoms with Crippen LogP contribution in [-0.4, -0.2) is 30.4 Å². The van der Waals surface area contributed by atoms with Gasteiger partial charge in [0.2, 0.25) is 0 Å². The summed E-state index contributed by atoms with van der Waals surface area (Å²) in [5.41, 5.74) is 0. The van der Waals surface area contributed by atoms with Crippen molar-refractivity contribution in [2.75, 3.05) is 0 Å². The zero-order chi connectivity index (χ0) is 8.24. The van der Waals surface area contributed by atoms with E-state index in [0.29, 0.717) is 0 Å². The van der Waals surface area contributed by atoms with E-state index in [-0.39, 0.29) is 29.4 Å². The van der Waals surface area contributed by atoms with Crippen LogP contribution in [0.1, 0.15) is 27.7 Å². The van der Waals surface area contributed by atoms with E-state index in [9.17, 15) is 0 Å². The van der Waals surface area contributed by atoms with Crippen LogP contribution in [0.25, 0.3) is 0 Å². The van der Waals surface area contributed by atoms with Gasteiger partial charge in [0.05, 0.1) is 0 Å². The van der Waals surface area contributed by atoms with Crippen molar-refractivity contribution in [2.45, 2.75) is 48.8 Å². The van der Waals surface area contributed by atoms with Gasteiger partial charge in [-0.2, -0.15) is 0 Å². The van der Waals surface area contributed by atoms with E-state index < -0.39 is 0 Å². The van der Waals surface area contributed by atoms with Gasteiger partial charge in [-0.05, 0) is 0 Å². The maximum atomic E-state index is 2.25. The lowest BCUT2D eigenvalue weighted by atomic mass is 10.9. The van der Waals surface area contributed by atoms with Gasteiger partial charge in [0.25, 0.3) is 0 Å². The molecule has 0 bridgehead atoms. The lowest BCUT2D eigenvalue weighted by molar-refractivity contribution is 1.36. The maximum Gasteiger partial charge on any atom is 0.198 e. The summed E-state index contributed by atoms with van der Waals surface area (Å²) in [6.07, 6.45) is 0. The lowest BCUT2D eigenvalue weighted by Gasteiger charge is -1.74. The van der Waals surface area contributed by atoms with Crippen molar-refractivity contribution in [3.63, 3.8) is 0 Å². The molecule has 0 aromatic heterocycles. The van der Waals surface area contributed by atoms with E-state index in [0.717, 1.165) is 30.4 Å². The standard InChI is InChI=1S/4C2H5.2Al.BrH.ClH/c4*1-2;;;;/h4*1H2,2H3;;;2*1H. The Hall–Kier alpha value is 1.83. The first-order chi connectivity index (χ1) is 4.83. The van der Waals surface area contributed by atoms with Crippen LogP contribution in [0.15, 0.2) is 0 Å². The third-order valence-electron chi connectivity index (χ3n) is 1.15. The molecule has 0 saturated heterocycles. The Morgan fingerprint density at radius 3 is 0.833 bits per heavy atom. The highest BCUT2D eigenvalue weighted by molar-refractivity contribution is 8.93. The monoisotopic (exact) mass is 286 g/mol. The summed E-state index contributed by atoms with van der Waals surface area (Å²) in [5, 5.41) is 5.71. The van der Waals surface area contributed by atoms with Crippen molar-refractivity contribution >= 4 is 59.8 Å². The average molecular weight is 288 g/mol. The summed E-state index contributed by atoms with van der Waals surface area (Å²) in [7, 11) is 0. The Kier molecular flexibility index (Phi) is 57.5. The fraction of sp³-hybridized carbons (Fsp3) is 1.00. The molecule has 0 nitrogen and oxygen atoms in total. The van der Waals surface area contributed by atoms with Crippen molar-refractivity contribution < 1.29 is 0 Å². The van der Waals surface area contributed by atoms with Crippen LogP contribution in [0.5, 0.6) is 0 Å². The summed E-state index contributed by atoms with van der Waals surface area (Å²) >= 11 is 1.63. The second kappa shape index (κ2) is 29.3. The van der Waals surface area contributed by atoms with Gasteiger partial charge in [0.1, 0.15) is 0 Å². The molecular weight excluding hydrogens is 265 g/mol. The molecule has 4 heteroatoms. The molecule has 0 atom stereocenters. The predicted molar refractivity (Wildman–Crippen MR) is 71.0 cm³/mol. The zero-order valence-electron chi connectivity index (χ0n) is 8.80. The second-order valence-corrected chi connectivity index (χ2v) is 6.63. The summed E-state index contributed by atoms with van der Waals surface area (Å²) in [6, 6.07) is 0. The molecule has 0 aromatic carbocycles. The third kappa shape index (κ3) is 40.8. The highest BCUT2D eigenvalue weighted by Gasteiger charge is 1.75. The Labute approximate surface area is 108 Å². The second-order valence-electron chi connectivity index (χ2n) is 2.21. The summed E-state index contributed by atoms with van der Waals surface area (Å²) < 4.78 is 0. The van der Waals surface area contributed by atoms with Gasteiger partial charge in [0.15, 0.2) is 30.4 Å². The molecule has 0 aliphatic rings. The Balaban J connectivity index is -0.0000000457. The summed E-state index contributed by atoms with van der Waals surface area (Å²) in [6.45, 7) is 9.00. The lowest BCUT2D eigenvalue weighted by Crippen LogP contribution is -1.76. The molecule has 0 N–H and O–H groups in total. The molecule has 0 unspecified atom stereocenters. The maximum absolute atomic E-state index is 2.25. The molecule has 0 saturated carbocycles. The van der Waals surface area contributed by atoms with Crippen LogP contribution in [-0.2, 0) is 0 Å². The molecule has 2 radical (unpaired) electrons. The molecule has 12 heavy (non-hydrogen) atoms. The number of hydrogen-bond acceptors (Lipinski definition) is 0. The molecule has 0 aliphatic carbocycles. The highest BCUT2D eigenvalue weighted by Crippen LogP contribution is 1.77. The van der Waals surface area contributed by atoms with Crippen LogP contribution < -0.4 is 0 Å². The Morgan fingerprint density at radius 1 is 0.667 bits per heavy atom. The average Bonchev–Trinajstić information content (AvgIpc) is 1.93. The number of rotatable bonds is 4. The smallest absolute Gasteiger partial charge is 0.147 e. The van der Waals surface area contributed by atoms with Gasteiger partial charge < -0.3 is 0 Å². The molecule has 0 aromatic rings. The van der Waals surface area contributed by atoms with Crippen molar-refractivity contribution in [1.29, 1.82) is 0 Å². The molecule has 74 valence electrons. The first kappa shape index (κ1) is 23.6. The van der Waals surface area contributed by atoms with E-state index in [2.05, 4.69) is 27.7 Å². The van der Waals surface area contributed by atoms with Crippen LogP contribution >= 0.6 is 29.4 Å². The van der Waals surface area contributed by atoms with Gasteiger partial charge in [-0.3, -0.25) is 0 Å². The minimum Gasteiger partial charge on any atom is -0.147 e. The highest BCUT2D eigenvalue weighted by atomic mass is 79.9. The van der Waals surface area contributed by atoms with E-state index in [1.165, 1.54) is 21.1 Å². The minimum absolute atomic E-state index is 0. The minimum atomic E-state index is 0. The van der Waals surface area contributed by atoms with Crippen LogP contribution in [0.4, 0.5) is 0 Å². The molecule has 0 rings (SSSR count). The fourth-order valence-electron chi connectivity index (χ4n) is 0.577. The van der Waals surface area contributed by atoms with Crippen LogP contribution in [0, 0.1) is 0 Å². The fourth-order valence-corrected chi connectivity index (χ4v) is 1.73. The number of halogens is 2. The molecular formula is C8H22Al2BrCl. The molecule has 0 heterocycles. The van der Waals surface area contributed by atoms with Crippen LogP contribution in [0.3, 0.4) is 0 Å².